The zero-order chi connectivity index (χ0) is 12.9. The summed E-state index contributed by atoms with van der Waals surface area (Å²) in [5, 5.41) is 11.8. The van der Waals surface area contributed by atoms with Crippen molar-refractivity contribution >= 4 is 16.0 Å². The van der Waals surface area contributed by atoms with Gasteiger partial charge in [0.05, 0.1) is 12.2 Å². The lowest BCUT2D eigenvalue weighted by molar-refractivity contribution is -0.136. The number of carbonyl (C=O) groups is 1. The molecule has 0 aromatic rings. The van der Waals surface area contributed by atoms with Gasteiger partial charge in [0.1, 0.15) is 0 Å². The average Bonchev–Trinajstić information content (AvgIpc) is 2.75. The summed E-state index contributed by atoms with van der Waals surface area (Å²) in [5.41, 5.74) is 0. The number of likely N-dealkylation sites (N-methyl/N-ethyl adjacent to an activating group) is 1. The van der Waals surface area contributed by atoms with Crippen molar-refractivity contribution in [3.63, 3.8) is 0 Å². The molecule has 0 radical (unpaired) electrons. The van der Waals surface area contributed by atoms with Crippen molar-refractivity contribution in [2.75, 3.05) is 25.4 Å². The third-order valence-electron chi connectivity index (χ3n) is 2.91. The standard InChI is InChI=1S/C10H20N2O4S/c1-2-12(8-9-4-3-6-11-9)17(15,16)7-5-10(13)14/h9,11H,2-8H2,1H3,(H,13,14). The van der Waals surface area contributed by atoms with Crippen LogP contribution in [0.5, 0.6) is 0 Å². The van der Waals surface area contributed by atoms with E-state index in [-0.39, 0.29) is 18.2 Å². The molecule has 17 heavy (non-hydrogen) atoms. The maximum atomic E-state index is 11.9. The van der Waals surface area contributed by atoms with E-state index in [1.807, 2.05) is 0 Å². The van der Waals surface area contributed by atoms with Crippen LogP contribution in [0.4, 0.5) is 0 Å². The number of rotatable bonds is 7. The molecule has 1 unspecified atom stereocenters. The van der Waals surface area contributed by atoms with Crippen LogP contribution in [0, 0.1) is 0 Å². The SMILES string of the molecule is CCN(CC1CCCN1)S(=O)(=O)CCC(=O)O. The number of nitrogens with zero attached hydrogens (tertiary/aromatic N) is 1. The normalized spacial score (nSPS) is 20.9. The third kappa shape index (κ3) is 4.61. The molecule has 0 amide bonds. The van der Waals surface area contributed by atoms with Gasteiger partial charge < -0.3 is 10.4 Å². The molecule has 0 aliphatic carbocycles. The molecule has 100 valence electrons. The highest BCUT2D eigenvalue weighted by Gasteiger charge is 2.25. The Balaban J connectivity index is 2.54. The van der Waals surface area contributed by atoms with E-state index in [9.17, 15) is 13.2 Å². The van der Waals surface area contributed by atoms with Gasteiger partial charge in [-0.05, 0) is 19.4 Å². The van der Waals surface area contributed by atoms with Gasteiger partial charge >= 0.3 is 5.97 Å². The van der Waals surface area contributed by atoms with Crippen LogP contribution in [-0.4, -0.2) is 55.2 Å². The Bertz CT molecular complexity index is 349. The molecule has 0 bridgehead atoms. The van der Waals surface area contributed by atoms with E-state index >= 15 is 0 Å². The minimum absolute atomic E-state index is 0.203. The monoisotopic (exact) mass is 264 g/mol. The Kier molecular flexibility index (Phi) is 5.35. The molecular formula is C10H20N2O4S. The molecule has 1 atom stereocenters. The van der Waals surface area contributed by atoms with Crippen molar-refractivity contribution in [1.29, 1.82) is 0 Å². The number of sulfonamides is 1. The minimum atomic E-state index is -3.44. The molecule has 1 heterocycles. The van der Waals surface area contributed by atoms with Crippen molar-refractivity contribution in [3.8, 4) is 0 Å². The van der Waals surface area contributed by atoms with Crippen molar-refractivity contribution in [2.24, 2.45) is 0 Å². The lowest BCUT2D eigenvalue weighted by Gasteiger charge is -2.23. The highest BCUT2D eigenvalue weighted by Crippen LogP contribution is 2.11. The van der Waals surface area contributed by atoms with Crippen LogP contribution < -0.4 is 5.32 Å². The van der Waals surface area contributed by atoms with Crippen LogP contribution in [0.2, 0.25) is 0 Å². The van der Waals surface area contributed by atoms with Crippen molar-refractivity contribution in [1.82, 2.24) is 9.62 Å². The number of aliphatic carboxylic acids is 1. The molecule has 0 aromatic carbocycles. The smallest absolute Gasteiger partial charge is 0.304 e. The predicted molar refractivity (Wildman–Crippen MR) is 64.3 cm³/mol. The first-order valence-electron chi connectivity index (χ1n) is 5.88. The number of hydrogen-bond acceptors (Lipinski definition) is 4. The summed E-state index contributed by atoms with van der Waals surface area (Å²) in [4.78, 5) is 10.4. The second-order valence-electron chi connectivity index (χ2n) is 4.20. The Morgan fingerprint density at radius 2 is 2.24 bits per heavy atom. The second kappa shape index (κ2) is 6.32. The van der Waals surface area contributed by atoms with Gasteiger partial charge in [-0.15, -0.1) is 0 Å². The summed E-state index contributed by atoms with van der Waals surface area (Å²) in [5.74, 6) is -1.40. The fourth-order valence-corrected chi connectivity index (χ4v) is 3.43. The summed E-state index contributed by atoms with van der Waals surface area (Å²) in [6.45, 7) is 3.53. The van der Waals surface area contributed by atoms with Crippen molar-refractivity contribution in [3.05, 3.63) is 0 Å². The number of hydrogen-bond donors (Lipinski definition) is 2. The summed E-state index contributed by atoms with van der Waals surface area (Å²) >= 11 is 0. The molecule has 0 saturated carbocycles. The average molecular weight is 264 g/mol. The Labute approximate surface area is 102 Å². The lowest BCUT2D eigenvalue weighted by atomic mass is 10.2. The fraction of sp³-hybridized carbons (Fsp3) is 0.900. The number of carboxylic acid groups (broad SMARTS) is 1. The third-order valence-corrected chi connectivity index (χ3v) is 4.82. The molecule has 1 fully saturated rings. The van der Waals surface area contributed by atoms with E-state index in [4.69, 9.17) is 5.11 Å². The zero-order valence-electron chi connectivity index (χ0n) is 10.1. The number of carboxylic acids is 1. The molecule has 0 spiro atoms. The molecule has 1 aliphatic heterocycles. The zero-order valence-corrected chi connectivity index (χ0v) is 10.9. The summed E-state index contributed by atoms with van der Waals surface area (Å²) in [7, 11) is -3.44. The Hall–Kier alpha value is -0.660. The first-order valence-corrected chi connectivity index (χ1v) is 7.49. The maximum Gasteiger partial charge on any atom is 0.304 e. The Morgan fingerprint density at radius 1 is 1.53 bits per heavy atom. The lowest BCUT2D eigenvalue weighted by Crippen LogP contribution is -2.42. The van der Waals surface area contributed by atoms with Gasteiger partial charge in [0, 0.05) is 19.1 Å². The summed E-state index contributed by atoms with van der Waals surface area (Å²) < 4.78 is 25.2. The van der Waals surface area contributed by atoms with Crippen molar-refractivity contribution in [2.45, 2.75) is 32.2 Å². The first-order chi connectivity index (χ1) is 7.95. The van der Waals surface area contributed by atoms with Gasteiger partial charge in [0.2, 0.25) is 10.0 Å². The van der Waals surface area contributed by atoms with Gasteiger partial charge in [-0.2, -0.15) is 0 Å². The van der Waals surface area contributed by atoms with Crippen molar-refractivity contribution < 1.29 is 18.3 Å². The van der Waals surface area contributed by atoms with Crippen LogP contribution in [0.1, 0.15) is 26.2 Å². The molecule has 1 saturated heterocycles. The van der Waals surface area contributed by atoms with Crippen LogP contribution in [0.25, 0.3) is 0 Å². The predicted octanol–water partition coefficient (Wildman–Crippen LogP) is -0.135. The minimum Gasteiger partial charge on any atom is -0.481 e. The topological polar surface area (TPSA) is 86.7 Å². The van der Waals surface area contributed by atoms with Crippen LogP contribution >= 0.6 is 0 Å². The van der Waals surface area contributed by atoms with E-state index in [1.54, 1.807) is 6.92 Å². The van der Waals surface area contributed by atoms with Gasteiger partial charge in [-0.1, -0.05) is 6.92 Å². The molecule has 6 nitrogen and oxygen atoms in total. The maximum absolute atomic E-state index is 11.9. The summed E-state index contributed by atoms with van der Waals surface area (Å²) in [6.07, 6.45) is 1.71. The highest BCUT2D eigenvalue weighted by molar-refractivity contribution is 7.89. The molecule has 1 rings (SSSR count). The quantitative estimate of drug-likeness (QED) is 0.668. The molecule has 2 N–H and O–H groups in total. The number of nitrogens with one attached hydrogen (secondary N) is 1. The van der Waals surface area contributed by atoms with E-state index in [1.165, 1.54) is 4.31 Å². The fourth-order valence-electron chi connectivity index (χ4n) is 1.94. The van der Waals surface area contributed by atoms with E-state index < -0.39 is 16.0 Å². The van der Waals surface area contributed by atoms with Crippen LogP contribution in [0.3, 0.4) is 0 Å². The molecule has 0 aromatic heterocycles. The van der Waals surface area contributed by atoms with E-state index in [2.05, 4.69) is 5.32 Å². The van der Waals surface area contributed by atoms with E-state index in [0.717, 1.165) is 19.4 Å². The second-order valence-corrected chi connectivity index (χ2v) is 6.29. The Morgan fingerprint density at radius 3 is 2.71 bits per heavy atom. The van der Waals surface area contributed by atoms with Crippen LogP contribution in [-0.2, 0) is 14.8 Å². The van der Waals surface area contributed by atoms with Gasteiger partial charge in [0.25, 0.3) is 0 Å². The van der Waals surface area contributed by atoms with Crippen LogP contribution in [0.15, 0.2) is 0 Å². The van der Waals surface area contributed by atoms with E-state index in [0.29, 0.717) is 13.1 Å². The van der Waals surface area contributed by atoms with Gasteiger partial charge in [-0.25, -0.2) is 12.7 Å². The molecule has 1 aliphatic rings. The first kappa shape index (κ1) is 14.4. The van der Waals surface area contributed by atoms with Gasteiger partial charge in [-0.3, -0.25) is 4.79 Å². The van der Waals surface area contributed by atoms with Gasteiger partial charge in [0.15, 0.2) is 0 Å². The highest BCUT2D eigenvalue weighted by atomic mass is 32.2. The largest absolute Gasteiger partial charge is 0.481 e. The molecular weight excluding hydrogens is 244 g/mol. The molecule has 7 heteroatoms. The summed E-state index contributed by atoms with van der Waals surface area (Å²) in [6, 6.07) is 0.203.